The van der Waals surface area contributed by atoms with Crippen LogP contribution in [-0.4, -0.2) is 31.1 Å². The molecule has 0 radical (unpaired) electrons. The fourth-order valence-corrected chi connectivity index (χ4v) is 5.14. The summed E-state index contributed by atoms with van der Waals surface area (Å²) in [5, 5.41) is 0. The van der Waals surface area contributed by atoms with E-state index < -0.39 is 17.7 Å². The molecular formula is C16H26O5. The van der Waals surface area contributed by atoms with Crippen LogP contribution in [0.3, 0.4) is 0 Å². The van der Waals surface area contributed by atoms with Gasteiger partial charge in [0.15, 0.2) is 18.2 Å². The van der Waals surface area contributed by atoms with Gasteiger partial charge in [0.05, 0.1) is 0 Å². The van der Waals surface area contributed by atoms with Crippen LogP contribution in [0.25, 0.3) is 0 Å². The number of hydrogen-bond donors (Lipinski definition) is 0. The molecule has 1 spiro atoms. The van der Waals surface area contributed by atoms with E-state index in [9.17, 15) is 0 Å². The second-order valence-corrected chi connectivity index (χ2v) is 7.51. The Labute approximate surface area is 126 Å². The van der Waals surface area contributed by atoms with Crippen molar-refractivity contribution in [3.63, 3.8) is 0 Å². The summed E-state index contributed by atoms with van der Waals surface area (Å²) in [7, 11) is 1.70. The average Bonchev–Trinajstić information content (AvgIpc) is 2.69. The molecule has 2 bridgehead atoms. The van der Waals surface area contributed by atoms with E-state index in [1.165, 1.54) is 6.42 Å². The van der Waals surface area contributed by atoms with Crippen molar-refractivity contribution < 1.29 is 24.0 Å². The summed E-state index contributed by atoms with van der Waals surface area (Å²) in [5.74, 6) is 0.953. The van der Waals surface area contributed by atoms with Crippen molar-refractivity contribution in [1.82, 2.24) is 0 Å². The van der Waals surface area contributed by atoms with E-state index in [4.69, 9.17) is 24.0 Å². The third-order valence-electron chi connectivity index (χ3n) is 6.33. The van der Waals surface area contributed by atoms with E-state index in [0.29, 0.717) is 17.8 Å². The molecule has 8 atom stereocenters. The Morgan fingerprint density at radius 1 is 1.05 bits per heavy atom. The van der Waals surface area contributed by atoms with Gasteiger partial charge < -0.3 is 14.2 Å². The first kappa shape index (κ1) is 14.4. The van der Waals surface area contributed by atoms with Crippen LogP contribution in [0, 0.1) is 23.7 Å². The highest BCUT2D eigenvalue weighted by Crippen LogP contribution is 2.60. The first-order valence-corrected chi connectivity index (χ1v) is 8.23. The summed E-state index contributed by atoms with van der Waals surface area (Å²) < 4.78 is 17.9. The van der Waals surface area contributed by atoms with Crippen LogP contribution in [0.1, 0.15) is 46.5 Å². The Hall–Kier alpha value is -0.200. The van der Waals surface area contributed by atoms with Crippen molar-refractivity contribution in [3.8, 4) is 0 Å². The van der Waals surface area contributed by atoms with Gasteiger partial charge in [-0.05, 0) is 38.0 Å². The number of hydrogen-bond acceptors (Lipinski definition) is 5. The van der Waals surface area contributed by atoms with Gasteiger partial charge in [-0.25, -0.2) is 9.78 Å². The normalized spacial score (nSPS) is 59.4. The van der Waals surface area contributed by atoms with E-state index in [2.05, 4.69) is 13.8 Å². The second-order valence-electron chi connectivity index (χ2n) is 7.51. The maximum absolute atomic E-state index is 6.21. The smallest absolute Gasteiger partial charge is 0.201 e. The van der Waals surface area contributed by atoms with Gasteiger partial charge in [0.25, 0.3) is 0 Å². The largest absolute Gasteiger partial charge is 0.355 e. The van der Waals surface area contributed by atoms with Crippen molar-refractivity contribution in [2.75, 3.05) is 7.11 Å². The molecule has 0 aromatic carbocycles. The van der Waals surface area contributed by atoms with Crippen LogP contribution in [0.2, 0.25) is 0 Å². The monoisotopic (exact) mass is 298 g/mol. The van der Waals surface area contributed by atoms with Crippen LogP contribution >= 0.6 is 0 Å². The van der Waals surface area contributed by atoms with Gasteiger partial charge in [-0.3, -0.25) is 0 Å². The Morgan fingerprint density at radius 3 is 2.62 bits per heavy atom. The summed E-state index contributed by atoms with van der Waals surface area (Å²) in [4.78, 5) is 11.8. The van der Waals surface area contributed by atoms with Crippen LogP contribution in [0.4, 0.5) is 0 Å². The summed E-state index contributed by atoms with van der Waals surface area (Å²) in [5.41, 5.74) is -0.470. The molecule has 5 aliphatic rings. The van der Waals surface area contributed by atoms with Crippen LogP contribution in [0.5, 0.6) is 0 Å². The van der Waals surface area contributed by atoms with Gasteiger partial charge in [-0.1, -0.05) is 13.8 Å². The number of ether oxygens (including phenoxy) is 3. The summed E-state index contributed by atoms with van der Waals surface area (Å²) in [6.45, 7) is 6.46. The van der Waals surface area contributed by atoms with Gasteiger partial charge in [-0.2, -0.15) is 0 Å². The van der Waals surface area contributed by atoms with Crippen molar-refractivity contribution in [2.45, 2.75) is 70.4 Å². The van der Waals surface area contributed by atoms with Gasteiger partial charge in [0, 0.05) is 25.4 Å². The molecule has 5 rings (SSSR count). The van der Waals surface area contributed by atoms with Gasteiger partial charge >= 0.3 is 0 Å². The van der Waals surface area contributed by atoms with Gasteiger partial charge in [0.1, 0.15) is 0 Å². The van der Waals surface area contributed by atoms with E-state index >= 15 is 0 Å². The molecule has 120 valence electrons. The van der Waals surface area contributed by atoms with Crippen LogP contribution < -0.4 is 0 Å². The predicted octanol–water partition coefficient (Wildman–Crippen LogP) is 2.84. The Balaban J connectivity index is 1.79. The average molecular weight is 298 g/mol. The molecule has 4 heterocycles. The maximum Gasteiger partial charge on any atom is 0.201 e. The van der Waals surface area contributed by atoms with Crippen LogP contribution in [-0.2, 0) is 24.0 Å². The lowest BCUT2D eigenvalue weighted by Crippen LogP contribution is -2.70. The van der Waals surface area contributed by atoms with E-state index in [1.54, 1.807) is 7.11 Å². The minimum Gasteiger partial charge on any atom is -0.355 e. The topological polar surface area (TPSA) is 46.2 Å². The van der Waals surface area contributed by atoms with E-state index in [1.807, 2.05) is 6.92 Å². The van der Waals surface area contributed by atoms with E-state index in [-0.39, 0.29) is 12.2 Å². The number of methoxy groups -OCH3 is 1. The summed E-state index contributed by atoms with van der Waals surface area (Å²) in [6.07, 6.45) is 3.64. The molecule has 21 heavy (non-hydrogen) atoms. The Kier molecular flexibility index (Phi) is 3.19. The molecule has 0 unspecified atom stereocenters. The lowest BCUT2D eigenvalue weighted by molar-refractivity contribution is -0.577. The number of rotatable bonds is 1. The zero-order chi connectivity index (χ0) is 14.8. The van der Waals surface area contributed by atoms with Crippen molar-refractivity contribution in [2.24, 2.45) is 23.7 Å². The van der Waals surface area contributed by atoms with Crippen LogP contribution in [0.15, 0.2) is 0 Å². The minimum absolute atomic E-state index is 0.230. The highest BCUT2D eigenvalue weighted by Gasteiger charge is 2.69. The highest BCUT2D eigenvalue weighted by molar-refractivity contribution is 5.08. The SMILES string of the molecule is CO[C@@H]1O[C@@H]2O[C@@]3(C)CC[C@@H]4[C@H](C)CC[C@H]([C@@H]1C)[C@@]24OO3. The third-order valence-corrected chi connectivity index (χ3v) is 6.33. The molecule has 5 heteroatoms. The molecule has 1 saturated carbocycles. The quantitative estimate of drug-likeness (QED) is 0.697. The van der Waals surface area contributed by atoms with Gasteiger partial charge in [-0.15, -0.1) is 0 Å². The zero-order valence-corrected chi connectivity index (χ0v) is 13.3. The molecule has 0 N–H and O–H groups in total. The first-order chi connectivity index (χ1) is 10.00. The lowest BCUT2D eigenvalue weighted by Gasteiger charge is -2.60. The lowest BCUT2D eigenvalue weighted by atomic mass is 9.58. The summed E-state index contributed by atoms with van der Waals surface area (Å²) in [6, 6.07) is 0. The molecule has 5 fully saturated rings. The molecule has 0 aromatic rings. The van der Waals surface area contributed by atoms with Crippen molar-refractivity contribution in [1.29, 1.82) is 0 Å². The molecule has 4 saturated heterocycles. The Bertz CT molecular complexity index is 429. The predicted molar refractivity (Wildman–Crippen MR) is 73.8 cm³/mol. The fourth-order valence-electron chi connectivity index (χ4n) is 5.14. The second kappa shape index (κ2) is 4.65. The molecular weight excluding hydrogens is 272 g/mol. The maximum atomic E-state index is 6.21. The zero-order valence-electron chi connectivity index (χ0n) is 13.3. The van der Waals surface area contributed by atoms with E-state index in [0.717, 1.165) is 19.3 Å². The van der Waals surface area contributed by atoms with Gasteiger partial charge in [0.2, 0.25) is 5.79 Å². The molecule has 1 aliphatic carbocycles. The minimum atomic E-state index is -0.698. The highest BCUT2D eigenvalue weighted by atomic mass is 17.3. The van der Waals surface area contributed by atoms with Crippen molar-refractivity contribution >= 4 is 0 Å². The molecule has 4 aliphatic heterocycles. The standard InChI is InChI=1S/C16H26O5/c1-9-5-6-12-10(2)13(17-4)18-14-16(12)11(9)7-8-15(3,19-14)20-21-16/h9-14H,5-8H2,1-4H3/t9-,10+,11-,12-,13-,14-,15-,16-/m1/s1. The molecule has 5 nitrogen and oxygen atoms in total. The summed E-state index contributed by atoms with van der Waals surface area (Å²) >= 11 is 0. The molecule has 0 amide bonds. The first-order valence-electron chi connectivity index (χ1n) is 8.23. The fraction of sp³-hybridized carbons (Fsp3) is 1.00. The van der Waals surface area contributed by atoms with Crippen molar-refractivity contribution in [3.05, 3.63) is 0 Å². The number of fused-ring (bicyclic) bond motifs is 2. The Morgan fingerprint density at radius 2 is 1.86 bits per heavy atom. The third kappa shape index (κ3) is 1.81. The molecule has 0 aromatic heterocycles.